The van der Waals surface area contributed by atoms with Crippen LogP contribution in [0.4, 0.5) is 0 Å². The van der Waals surface area contributed by atoms with E-state index in [-0.39, 0.29) is 11.1 Å². The number of methoxy groups -OCH3 is 2. The minimum Gasteiger partial charge on any atom is -0.497 e. The Hall–Kier alpha value is -5.55. The quantitative estimate of drug-likeness (QED) is 0.198. The standard InChI is InChI=1S/C34H28N4O6S/c1-20-29(33(41)43-4)31(23-12-16-27(17-13-23)44-21(2)39)38-32(40)28(45-34(38)35-20)18-24-19-37(25-8-6-5-7-9-25)36-30(24)22-10-14-26(42-3)15-11-22/h5-19,31H,1-4H3/b28-18+/t31-/m1/s1. The Morgan fingerprint density at radius 2 is 1.62 bits per heavy atom. The number of allylic oxidation sites excluding steroid dienone is 1. The molecule has 1 aliphatic heterocycles. The lowest BCUT2D eigenvalue weighted by Crippen LogP contribution is -2.39. The molecule has 45 heavy (non-hydrogen) atoms. The van der Waals surface area contributed by atoms with Crippen LogP contribution >= 0.6 is 11.3 Å². The van der Waals surface area contributed by atoms with Gasteiger partial charge in [-0.25, -0.2) is 14.5 Å². The number of rotatable bonds is 7. The molecule has 0 aliphatic carbocycles. The van der Waals surface area contributed by atoms with Gasteiger partial charge in [0.1, 0.15) is 17.2 Å². The van der Waals surface area contributed by atoms with Crippen LogP contribution in [0, 0.1) is 0 Å². The second-order valence-electron chi connectivity index (χ2n) is 10.2. The van der Waals surface area contributed by atoms with Crippen LogP contribution in [0.25, 0.3) is 23.0 Å². The molecule has 3 heterocycles. The fraction of sp³-hybridized carbons (Fsp3) is 0.147. The van der Waals surface area contributed by atoms with Crippen LogP contribution in [-0.4, -0.2) is 40.5 Å². The Morgan fingerprint density at radius 1 is 0.933 bits per heavy atom. The predicted molar refractivity (Wildman–Crippen MR) is 169 cm³/mol. The lowest BCUT2D eigenvalue weighted by atomic mass is 9.96. The number of nitrogens with zero attached hydrogens (tertiary/aromatic N) is 4. The van der Waals surface area contributed by atoms with E-state index in [0.29, 0.717) is 37.8 Å². The van der Waals surface area contributed by atoms with Crippen molar-refractivity contribution in [1.82, 2.24) is 14.3 Å². The van der Waals surface area contributed by atoms with Crippen molar-refractivity contribution in [3.05, 3.63) is 127 Å². The number of ether oxygens (including phenoxy) is 3. The minimum absolute atomic E-state index is 0.243. The number of esters is 2. The summed E-state index contributed by atoms with van der Waals surface area (Å²) in [4.78, 5) is 43.7. The third-order valence-corrected chi connectivity index (χ3v) is 8.28. The summed E-state index contributed by atoms with van der Waals surface area (Å²) in [6, 6.07) is 23.1. The van der Waals surface area contributed by atoms with Gasteiger partial charge in [-0.3, -0.25) is 14.2 Å². The number of fused-ring (bicyclic) bond motifs is 1. The van der Waals surface area contributed by atoms with Gasteiger partial charge in [0.2, 0.25) is 0 Å². The summed E-state index contributed by atoms with van der Waals surface area (Å²) in [7, 11) is 2.90. The van der Waals surface area contributed by atoms with Crippen molar-refractivity contribution in [3.8, 4) is 28.4 Å². The molecule has 226 valence electrons. The van der Waals surface area contributed by atoms with Crippen LogP contribution in [0.2, 0.25) is 0 Å². The zero-order chi connectivity index (χ0) is 31.7. The van der Waals surface area contributed by atoms with E-state index in [0.717, 1.165) is 16.8 Å². The Kier molecular flexibility index (Phi) is 8.01. The fourth-order valence-corrected chi connectivity index (χ4v) is 6.25. The maximum Gasteiger partial charge on any atom is 0.338 e. The maximum absolute atomic E-state index is 14.2. The third kappa shape index (κ3) is 5.73. The fourth-order valence-electron chi connectivity index (χ4n) is 5.21. The molecule has 0 saturated carbocycles. The van der Waals surface area contributed by atoms with Gasteiger partial charge in [0.05, 0.1) is 41.8 Å². The first-order valence-electron chi connectivity index (χ1n) is 14.0. The number of hydrogen-bond acceptors (Lipinski definition) is 9. The number of hydrogen-bond donors (Lipinski definition) is 0. The Balaban J connectivity index is 1.53. The van der Waals surface area contributed by atoms with E-state index < -0.39 is 18.0 Å². The highest BCUT2D eigenvalue weighted by Crippen LogP contribution is 2.32. The molecule has 0 bridgehead atoms. The Bertz CT molecular complexity index is 2130. The van der Waals surface area contributed by atoms with Gasteiger partial charge >= 0.3 is 11.9 Å². The zero-order valence-corrected chi connectivity index (χ0v) is 25.7. The second-order valence-corrected chi connectivity index (χ2v) is 11.2. The molecule has 0 saturated heterocycles. The Labute approximate surface area is 261 Å². The van der Waals surface area contributed by atoms with Crippen LogP contribution in [-0.2, 0) is 14.3 Å². The van der Waals surface area contributed by atoms with E-state index in [1.165, 1.54) is 29.9 Å². The van der Waals surface area contributed by atoms with Gasteiger partial charge < -0.3 is 14.2 Å². The first-order valence-corrected chi connectivity index (χ1v) is 14.8. The highest BCUT2D eigenvalue weighted by Gasteiger charge is 2.33. The first-order chi connectivity index (χ1) is 21.8. The van der Waals surface area contributed by atoms with Crippen molar-refractivity contribution < 1.29 is 23.8 Å². The van der Waals surface area contributed by atoms with Crippen molar-refractivity contribution in [2.75, 3.05) is 14.2 Å². The van der Waals surface area contributed by atoms with Crippen LogP contribution in [0.3, 0.4) is 0 Å². The zero-order valence-electron chi connectivity index (χ0n) is 24.9. The number of carbonyl (C=O) groups excluding carboxylic acids is 2. The molecule has 6 rings (SSSR count). The Morgan fingerprint density at radius 3 is 2.27 bits per heavy atom. The molecule has 0 radical (unpaired) electrons. The summed E-state index contributed by atoms with van der Waals surface area (Å²) < 4.78 is 19.3. The number of thiazole rings is 1. The van der Waals surface area contributed by atoms with Gasteiger partial charge in [-0.15, -0.1) is 0 Å². The first kappa shape index (κ1) is 29.5. The van der Waals surface area contributed by atoms with E-state index in [1.807, 2.05) is 60.8 Å². The average molecular weight is 621 g/mol. The summed E-state index contributed by atoms with van der Waals surface area (Å²) in [5.41, 5.74) is 4.10. The summed E-state index contributed by atoms with van der Waals surface area (Å²) in [6.07, 6.45) is 3.68. The molecule has 0 spiro atoms. The predicted octanol–water partition coefficient (Wildman–Crippen LogP) is 4.19. The van der Waals surface area contributed by atoms with E-state index in [9.17, 15) is 14.4 Å². The normalized spacial score (nSPS) is 14.5. The molecule has 10 nitrogen and oxygen atoms in total. The molecule has 0 N–H and O–H groups in total. The lowest BCUT2D eigenvalue weighted by Gasteiger charge is -2.24. The summed E-state index contributed by atoms with van der Waals surface area (Å²) >= 11 is 1.22. The van der Waals surface area contributed by atoms with Crippen LogP contribution < -0.4 is 24.4 Å². The summed E-state index contributed by atoms with van der Waals surface area (Å²) in [5.74, 6) is 0.0195. The molecule has 0 amide bonds. The van der Waals surface area contributed by atoms with Crippen LogP contribution in [0.1, 0.15) is 31.0 Å². The number of para-hydroxylation sites is 1. The molecule has 3 aromatic carbocycles. The molecular formula is C34H28N4O6S. The van der Waals surface area contributed by atoms with E-state index in [4.69, 9.17) is 19.3 Å². The van der Waals surface area contributed by atoms with Gasteiger partial charge in [-0.1, -0.05) is 41.7 Å². The largest absolute Gasteiger partial charge is 0.497 e. The lowest BCUT2D eigenvalue weighted by molar-refractivity contribution is -0.136. The second kappa shape index (κ2) is 12.2. The van der Waals surface area contributed by atoms with Crippen LogP contribution in [0.5, 0.6) is 11.5 Å². The molecule has 11 heteroatoms. The number of carbonyl (C=O) groups is 2. The summed E-state index contributed by atoms with van der Waals surface area (Å²) in [6.45, 7) is 3.03. The number of aromatic nitrogens is 3. The smallest absolute Gasteiger partial charge is 0.338 e. The van der Waals surface area contributed by atoms with E-state index >= 15 is 0 Å². The van der Waals surface area contributed by atoms with Crippen LogP contribution in [0.15, 0.2) is 106 Å². The molecule has 1 atom stereocenters. The minimum atomic E-state index is -0.810. The van der Waals surface area contributed by atoms with Gasteiger partial charge in [0.25, 0.3) is 5.56 Å². The third-order valence-electron chi connectivity index (χ3n) is 7.30. The summed E-state index contributed by atoms with van der Waals surface area (Å²) in [5, 5.41) is 4.88. The highest BCUT2D eigenvalue weighted by molar-refractivity contribution is 7.07. The highest BCUT2D eigenvalue weighted by atomic mass is 32.1. The van der Waals surface area contributed by atoms with Crippen molar-refractivity contribution in [2.24, 2.45) is 4.99 Å². The molecule has 0 unspecified atom stereocenters. The molecule has 5 aromatic rings. The van der Waals surface area contributed by atoms with Gasteiger partial charge in [-0.2, -0.15) is 5.10 Å². The van der Waals surface area contributed by atoms with Crippen molar-refractivity contribution in [1.29, 1.82) is 0 Å². The topological polar surface area (TPSA) is 114 Å². The molecule has 0 fully saturated rings. The SMILES string of the molecule is COC(=O)C1=C(C)N=c2s/c(=C/c3cn(-c4ccccc4)nc3-c3ccc(OC)cc3)c(=O)n2[C@@H]1c1ccc(OC(C)=O)cc1. The van der Waals surface area contributed by atoms with E-state index in [2.05, 4.69) is 4.99 Å². The number of benzene rings is 3. The van der Waals surface area contributed by atoms with Gasteiger partial charge in [0, 0.05) is 24.2 Å². The van der Waals surface area contributed by atoms with Crippen molar-refractivity contribution in [3.63, 3.8) is 0 Å². The molecule has 2 aromatic heterocycles. The average Bonchev–Trinajstić information content (AvgIpc) is 3.61. The molecular weight excluding hydrogens is 592 g/mol. The van der Waals surface area contributed by atoms with Crippen molar-refractivity contribution in [2.45, 2.75) is 19.9 Å². The van der Waals surface area contributed by atoms with Gasteiger partial charge in [0.15, 0.2) is 4.80 Å². The van der Waals surface area contributed by atoms with Crippen molar-refractivity contribution >= 4 is 29.4 Å². The maximum atomic E-state index is 14.2. The monoisotopic (exact) mass is 620 g/mol. The van der Waals surface area contributed by atoms with E-state index in [1.54, 1.807) is 49.1 Å². The van der Waals surface area contributed by atoms with Gasteiger partial charge in [-0.05, 0) is 67.1 Å². The molecule has 1 aliphatic rings.